The minimum atomic E-state index is -3.44. The maximum absolute atomic E-state index is 11.7. The minimum Gasteiger partial charge on any atom is -0.384 e. The van der Waals surface area contributed by atoms with Crippen molar-refractivity contribution in [2.24, 2.45) is 5.92 Å². The Bertz CT molecular complexity index is 426. The van der Waals surface area contributed by atoms with E-state index in [9.17, 15) is 8.42 Å². The van der Waals surface area contributed by atoms with Gasteiger partial charge in [0.15, 0.2) is 0 Å². The highest BCUT2D eigenvalue weighted by atomic mass is 32.2. The van der Waals surface area contributed by atoms with E-state index in [1.165, 1.54) is 18.3 Å². The third-order valence-corrected chi connectivity index (χ3v) is 3.53. The van der Waals surface area contributed by atoms with Gasteiger partial charge in [0.2, 0.25) is 10.0 Å². The molecular formula is C10H17N3O2S. The first-order valence-electron chi connectivity index (χ1n) is 5.13. The fraction of sp³-hybridized carbons (Fsp3) is 0.500. The summed E-state index contributed by atoms with van der Waals surface area (Å²) < 4.78 is 26.0. The summed E-state index contributed by atoms with van der Waals surface area (Å²) in [6.07, 6.45) is 2.06. The van der Waals surface area contributed by atoms with Crippen molar-refractivity contribution in [3.05, 3.63) is 18.3 Å². The normalized spacial score (nSPS) is 11.9. The van der Waals surface area contributed by atoms with E-state index in [0.717, 1.165) is 6.42 Å². The zero-order valence-electron chi connectivity index (χ0n) is 9.47. The summed E-state index contributed by atoms with van der Waals surface area (Å²) in [5.41, 5.74) is 5.38. The predicted molar refractivity (Wildman–Crippen MR) is 63.3 cm³/mol. The van der Waals surface area contributed by atoms with Crippen LogP contribution >= 0.6 is 0 Å². The van der Waals surface area contributed by atoms with Gasteiger partial charge in [0.05, 0.1) is 0 Å². The number of hydrogen-bond acceptors (Lipinski definition) is 4. The number of hydrogen-bond donors (Lipinski definition) is 2. The smallest absolute Gasteiger partial charge is 0.242 e. The number of nitrogen functional groups attached to an aromatic ring is 1. The van der Waals surface area contributed by atoms with Gasteiger partial charge in [-0.1, -0.05) is 13.8 Å². The largest absolute Gasteiger partial charge is 0.384 e. The summed E-state index contributed by atoms with van der Waals surface area (Å²) in [4.78, 5) is 3.89. The summed E-state index contributed by atoms with van der Waals surface area (Å²) >= 11 is 0. The van der Waals surface area contributed by atoms with Crippen LogP contribution in [0.25, 0.3) is 0 Å². The Balaban J connectivity index is 2.67. The molecule has 0 fully saturated rings. The van der Waals surface area contributed by atoms with Gasteiger partial charge >= 0.3 is 0 Å². The van der Waals surface area contributed by atoms with Crippen LogP contribution in [-0.4, -0.2) is 19.9 Å². The molecule has 0 radical (unpaired) electrons. The molecule has 0 aliphatic rings. The van der Waals surface area contributed by atoms with Gasteiger partial charge in [-0.05, 0) is 24.5 Å². The standard InChI is InChI=1S/C10H17N3O2S/c1-8(2)5-6-13-16(14,15)9-3-4-10(11)12-7-9/h3-4,7-8,13H,5-6H2,1-2H3,(H2,11,12). The molecule has 1 heterocycles. The zero-order chi connectivity index (χ0) is 12.2. The molecule has 16 heavy (non-hydrogen) atoms. The molecule has 0 aliphatic carbocycles. The first-order chi connectivity index (χ1) is 7.42. The van der Waals surface area contributed by atoms with Crippen molar-refractivity contribution < 1.29 is 8.42 Å². The number of rotatable bonds is 5. The lowest BCUT2D eigenvalue weighted by atomic mass is 10.1. The van der Waals surface area contributed by atoms with Gasteiger partial charge < -0.3 is 5.73 Å². The zero-order valence-corrected chi connectivity index (χ0v) is 10.3. The van der Waals surface area contributed by atoms with E-state index in [0.29, 0.717) is 18.3 Å². The molecule has 0 aliphatic heterocycles. The number of nitrogens with zero attached hydrogens (tertiary/aromatic N) is 1. The second-order valence-corrected chi connectivity index (χ2v) is 5.77. The molecular weight excluding hydrogens is 226 g/mol. The third kappa shape index (κ3) is 3.79. The third-order valence-electron chi connectivity index (χ3n) is 2.08. The van der Waals surface area contributed by atoms with Gasteiger partial charge in [0.1, 0.15) is 10.7 Å². The Kier molecular flexibility index (Phi) is 4.26. The summed E-state index contributed by atoms with van der Waals surface area (Å²) in [5, 5.41) is 0. The Morgan fingerprint density at radius 1 is 1.44 bits per heavy atom. The fourth-order valence-electron chi connectivity index (χ4n) is 1.12. The first-order valence-corrected chi connectivity index (χ1v) is 6.61. The van der Waals surface area contributed by atoms with Crippen LogP contribution in [0, 0.1) is 5.92 Å². The second kappa shape index (κ2) is 5.27. The number of anilines is 1. The molecule has 3 N–H and O–H groups in total. The van der Waals surface area contributed by atoms with Gasteiger partial charge in [-0.3, -0.25) is 0 Å². The van der Waals surface area contributed by atoms with E-state index in [2.05, 4.69) is 9.71 Å². The molecule has 0 aromatic carbocycles. The molecule has 90 valence electrons. The lowest BCUT2D eigenvalue weighted by molar-refractivity contribution is 0.551. The van der Waals surface area contributed by atoms with E-state index >= 15 is 0 Å². The van der Waals surface area contributed by atoms with Gasteiger partial charge in [0.25, 0.3) is 0 Å². The summed E-state index contributed by atoms with van der Waals surface area (Å²) in [6.45, 7) is 4.52. The van der Waals surface area contributed by atoms with Gasteiger partial charge in [-0.15, -0.1) is 0 Å². The number of aromatic nitrogens is 1. The SMILES string of the molecule is CC(C)CCNS(=O)(=O)c1ccc(N)nc1. The Hall–Kier alpha value is -1.14. The molecule has 6 heteroatoms. The molecule has 0 saturated carbocycles. The maximum atomic E-state index is 11.7. The van der Waals surface area contributed by atoms with E-state index < -0.39 is 10.0 Å². The maximum Gasteiger partial charge on any atom is 0.242 e. The molecule has 1 aromatic heterocycles. The van der Waals surface area contributed by atoms with Crippen molar-refractivity contribution in [3.63, 3.8) is 0 Å². The van der Waals surface area contributed by atoms with E-state index in [-0.39, 0.29) is 4.90 Å². The fourth-order valence-corrected chi connectivity index (χ4v) is 2.11. The van der Waals surface area contributed by atoms with Crippen LogP contribution in [0.1, 0.15) is 20.3 Å². The Morgan fingerprint density at radius 3 is 2.62 bits per heavy atom. The molecule has 0 atom stereocenters. The molecule has 0 spiro atoms. The number of sulfonamides is 1. The van der Waals surface area contributed by atoms with Crippen LogP contribution in [0.4, 0.5) is 5.82 Å². The van der Waals surface area contributed by atoms with Crippen molar-refractivity contribution in [2.75, 3.05) is 12.3 Å². The number of nitrogens with two attached hydrogens (primary N) is 1. The Labute approximate surface area is 96.1 Å². The molecule has 0 unspecified atom stereocenters. The van der Waals surface area contributed by atoms with Crippen molar-refractivity contribution in [3.8, 4) is 0 Å². The monoisotopic (exact) mass is 243 g/mol. The van der Waals surface area contributed by atoms with Crippen molar-refractivity contribution >= 4 is 15.8 Å². The molecule has 0 saturated heterocycles. The van der Waals surface area contributed by atoms with Crippen molar-refractivity contribution in [2.45, 2.75) is 25.2 Å². The van der Waals surface area contributed by atoms with Crippen molar-refractivity contribution in [1.29, 1.82) is 0 Å². The van der Waals surface area contributed by atoms with Gasteiger partial charge in [0, 0.05) is 12.7 Å². The summed E-state index contributed by atoms with van der Waals surface area (Å²) in [5.74, 6) is 0.772. The van der Waals surface area contributed by atoms with E-state index in [1.54, 1.807) is 0 Å². The first kappa shape index (κ1) is 12.9. The second-order valence-electron chi connectivity index (χ2n) is 4.00. The number of pyridine rings is 1. The minimum absolute atomic E-state index is 0.144. The highest BCUT2D eigenvalue weighted by Gasteiger charge is 2.13. The number of nitrogens with one attached hydrogen (secondary N) is 1. The van der Waals surface area contributed by atoms with E-state index in [4.69, 9.17) is 5.73 Å². The van der Waals surface area contributed by atoms with Crippen LogP contribution in [0.5, 0.6) is 0 Å². The van der Waals surface area contributed by atoms with Gasteiger partial charge in [-0.25, -0.2) is 18.1 Å². The highest BCUT2D eigenvalue weighted by molar-refractivity contribution is 7.89. The van der Waals surface area contributed by atoms with Crippen LogP contribution in [0.3, 0.4) is 0 Å². The van der Waals surface area contributed by atoms with Gasteiger partial charge in [-0.2, -0.15) is 0 Å². The highest BCUT2D eigenvalue weighted by Crippen LogP contribution is 2.08. The quantitative estimate of drug-likeness (QED) is 0.807. The van der Waals surface area contributed by atoms with Crippen LogP contribution in [0.2, 0.25) is 0 Å². The lowest BCUT2D eigenvalue weighted by Crippen LogP contribution is -2.25. The Morgan fingerprint density at radius 2 is 2.12 bits per heavy atom. The average molecular weight is 243 g/mol. The lowest BCUT2D eigenvalue weighted by Gasteiger charge is -2.07. The molecule has 5 nitrogen and oxygen atoms in total. The van der Waals surface area contributed by atoms with Crippen LogP contribution in [-0.2, 0) is 10.0 Å². The topological polar surface area (TPSA) is 85.1 Å². The molecule has 0 bridgehead atoms. The van der Waals surface area contributed by atoms with Crippen molar-refractivity contribution in [1.82, 2.24) is 9.71 Å². The molecule has 0 amide bonds. The summed E-state index contributed by atoms with van der Waals surface area (Å²) in [7, 11) is -3.44. The predicted octanol–water partition coefficient (Wildman–Crippen LogP) is 0.988. The molecule has 1 rings (SSSR count). The van der Waals surface area contributed by atoms with E-state index in [1.807, 2.05) is 13.8 Å². The average Bonchev–Trinajstić information content (AvgIpc) is 2.17. The van der Waals surface area contributed by atoms with Crippen LogP contribution < -0.4 is 10.5 Å². The van der Waals surface area contributed by atoms with Crippen LogP contribution in [0.15, 0.2) is 23.2 Å². The molecule has 1 aromatic rings. The summed E-state index contributed by atoms with van der Waals surface area (Å²) in [6, 6.07) is 2.91.